The molecule has 0 N–H and O–H groups in total. The molecule has 3 heteroatoms. The van der Waals surface area contributed by atoms with Gasteiger partial charge in [-0.15, -0.1) is 0 Å². The Bertz CT molecular complexity index is 82.9. The third-order valence-corrected chi connectivity index (χ3v) is 0.902. The summed E-state index contributed by atoms with van der Waals surface area (Å²) in [6.07, 6.45) is 3.01. The second-order valence-electron chi connectivity index (χ2n) is 1.35. The van der Waals surface area contributed by atoms with Gasteiger partial charge in [0.05, 0.1) is 0 Å². The first-order valence-electron chi connectivity index (χ1n) is 2.30. The quantitative estimate of drug-likeness (QED) is 0.390. The predicted octanol–water partition coefficient (Wildman–Crippen LogP) is 2.98. The average Bonchev–Trinajstić information content (AvgIpc) is 1.59. The Morgan fingerprint density at radius 2 is 2.12 bits per heavy atom. The Balaban J connectivity index is 3.52. The summed E-state index contributed by atoms with van der Waals surface area (Å²) in [4.78, 5) is 0. The Morgan fingerprint density at radius 1 is 1.62 bits per heavy atom. The Labute approximate surface area is 61.1 Å². The molecule has 0 amide bonds. The smallest absolute Gasteiger partial charge is 0.190 e. The van der Waals surface area contributed by atoms with Gasteiger partial charge in [-0.25, -0.2) is 0 Å². The first-order valence-corrected chi connectivity index (χ1v) is 3.38. The zero-order valence-corrected chi connectivity index (χ0v) is 6.65. The lowest BCUT2D eigenvalue weighted by Crippen LogP contribution is -1.96. The third-order valence-electron chi connectivity index (χ3n) is 0.543. The molecule has 0 spiro atoms. The van der Waals surface area contributed by atoms with Crippen LogP contribution < -0.4 is 0 Å². The van der Waals surface area contributed by atoms with Gasteiger partial charge in [-0.05, 0) is 12.5 Å². The zero-order valence-electron chi connectivity index (χ0n) is 4.50. The molecule has 0 saturated heterocycles. The van der Waals surface area contributed by atoms with Crippen molar-refractivity contribution in [3.05, 3.63) is 12.2 Å². The van der Waals surface area contributed by atoms with E-state index in [1.165, 1.54) is 6.08 Å². The predicted molar refractivity (Wildman–Crippen MR) is 38.4 cm³/mol. The maximum Gasteiger partial charge on any atom is 0.314 e. The molecule has 0 bridgehead atoms. The van der Waals surface area contributed by atoms with Gasteiger partial charge in [0.25, 0.3) is 0 Å². The van der Waals surface area contributed by atoms with Gasteiger partial charge in [0, 0.05) is 22.6 Å². The lowest BCUT2D eigenvalue weighted by molar-refractivity contribution is 0.183. The summed E-state index contributed by atoms with van der Waals surface area (Å²) in [6.45, 7) is 1.82. The monoisotopic (exact) mass is 232 g/mol. The van der Waals surface area contributed by atoms with Crippen molar-refractivity contribution in [2.24, 2.45) is 0 Å². The van der Waals surface area contributed by atoms with Crippen molar-refractivity contribution < 1.29 is 8.78 Å². The van der Waals surface area contributed by atoms with E-state index in [-0.39, 0.29) is 0 Å². The Morgan fingerprint density at radius 3 is 2.25 bits per heavy atom. The van der Waals surface area contributed by atoms with Crippen LogP contribution in [0.1, 0.15) is 13.3 Å². The molecule has 0 rings (SSSR count). The number of alkyl halides is 3. The summed E-state index contributed by atoms with van der Waals surface area (Å²) in [5, 5.41) is 0. The zero-order chi connectivity index (χ0) is 6.62. The molecule has 0 aliphatic heterocycles. The molecule has 0 radical (unpaired) electrons. The molecule has 0 aliphatic carbocycles. The Kier molecular flexibility index (Phi) is 3.51. The highest BCUT2D eigenvalue weighted by molar-refractivity contribution is 14.1. The van der Waals surface area contributed by atoms with Gasteiger partial charge in [0.15, 0.2) is 0 Å². The molecule has 0 aromatic heterocycles. The van der Waals surface area contributed by atoms with Gasteiger partial charge < -0.3 is 0 Å². The van der Waals surface area contributed by atoms with Crippen molar-refractivity contribution in [3.8, 4) is 0 Å². The van der Waals surface area contributed by atoms with Crippen molar-refractivity contribution in [1.29, 1.82) is 0 Å². The number of hydrogen-bond acceptors (Lipinski definition) is 0. The van der Waals surface area contributed by atoms with E-state index < -0.39 is 3.93 Å². The molecule has 8 heavy (non-hydrogen) atoms. The summed E-state index contributed by atoms with van der Waals surface area (Å²) in [5.41, 5.74) is 0. The third kappa shape index (κ3) is 6.33. The maximum atomic E-state index is 11.8. The van der Waals surface area contributed by atoms with Crippen LogP contribution in [-0.2, 0) is 0 Å². The average molecular weight is 232 g/mol. The second kappa shape index (κ2) is 3.37. The highest BCUT2D eigenvalue weighted by Crippen LogP contribution is 2.23. The van der Waals surface area contributed by atoms with E-state index in [1.807, 2.05) is 6.92 Å². The van der Waals surface area contributed by atoms with E-state index >= 15 is 0 Å². The minimum atomic E-state index is -2.66. The van der Waals surface area contributed by atoms with E-state index in [0.29, 0.717) is 6.42 Å². The van der Waals surface area contributed by atoms with Crippen molar-refractivity contribution in [3.63, 3.8) is 0 Å². The van der Waals surface area contributed by atoms with Crippen molar-refractivity contribution in [2.45, 2.75) is 17.3 Å². The number of hydrogen-bond donors (Lipinski definition) is 0. The summed E-state index contributed by atoms with van der Waals surface area (Å²) >= 11 is 1.08. The highest BCUT2D eigenvalue weighted by atomic mass is 127. The van der Waals surface area contributed by atoms with E-state index in [1.54, 1.807) is 0 Å². The molecule has 0 fully saturated rings. The normalized spacial score (nSPS) is 13.0. The summed E-state index contributed by atoms with van der Waals surface area (Å²) in [7, 11) is 0. The molecule has 0 aromatic rings. The summed E-state index contributed by atoms with van der Waals surface area (Å²) < 4.78 is 21.0. The first kappa shape index (κ1) is 8.33. The van der Waals surface area contributed by atoms with E-state index in [0.717, 1.165) is 28.7 Å². The molecule has 0 aliphatic rings. The van der Waals surface area contributed by atoms with Gasteiger partial charge in [-0.1, -0.05) is 13.0 Å². The molecular formula is C5H7F2I. The highest BCUT2D eigenvalue weighted by Gasteiger charge is 2.16. The van der Waals surface area contributed by atoms with E-state index in [2.05, 4.69) is 0 Å². The van der Waals surface area contributed by atoms with Crippen molar-refractivity contribution in [2.75, 3.05) is 0 Å². The summed E-state index contributed by atoms with van der Waals surface area (Å²) in [5.74, 6) is 0. The van der Waals surface area contributed by atoms with Crippen LogP contribution in [0, 0.1) is 0 Å². The maximum absolute atomic E-state index is 11.8. The Hall–Kier alpha value is 0.330. The molecule has 48 valence electrons. The molecule has 0 atom stereocenters. The largest absolute Gasteiger partial charge is 0.314 e. The lowest BCUT2D eigenvalue weighted by atomic mass is 10.4. The van der Waals surface area contributed by atoms with Crippen LogP contribution in [0.5, 0.6) is 0 Å². The molecule has 0 aromatic carbocycles. The summed E-state index contributed by atoms with van der Waals surface area (Å²) in [6, 6.07) is 0. The van der Waals surface area contributed by atoms with Crippen LogP contribution in [0.25, 0.3) is 0 Å². The molecule has 0 heterocycles. The van der Waals surface area contributed by atoms with Crippen LogP contribution in [0.2, 0.25) is 0 Å². The first-order chi connectivity index (χ1) is 3.56. The lowest BCUT2D eigenvalue weighted by Gasteiger charge is -1.97. The van der Waals surface area contributed by atoms with E-state index in [9.17, 15) is 8.78 Å². The number of rotatable bonds is 2. The van der Waals surface area contributed by atoms with Crippen LogP contribution in [0.15, 0.2) is 12.2 Å². The topological polar surface area (TPSA) is 0 Å². The van der Waals surface area contributed by atoms with Crippen molar-refractivity contribution >= 4 is 22.6 Å². The van der Waals surface area contributed by atoms with Gasteiger partial charge in [-0.3, -0.25) is 0 Å². The van der Waals surface area contributed by atoms with Crippen LogP contribution in [0.3, 0.4) is 0 Å². The van der Waals surface area contributed by atoms with Gasteiger partial charge >= 0.3 is 3.93 Å². The van der Waals surface area contributed by atoms with Crippen LogP contribution in [-0.4, -0.2) is 3.93 Å². The molecule has 0 saturated carbocycles. The number of halogens is 3. The minimum Gasteiger partial charge on any atom is -0.190 e. The van der Waals surface area contributed by atoms with Crippen molar-refractivity contribution in [1.82, 2.24) is 0 Å². The van der Waals surface area contributed by atoms with E-state index in [4.69, 9.17) is 0 Å². The van der Waals surface area contributed by atoms with Crippen LogP contribution >= 0.6 is 22.6 Å². The fourth-order valence-corrected chi connectivity index (χ4v) is 0.506. The molecule has 0 nitrogen and oxygen atoms in total. The fourth-order valence-electron chi connectivity index (χ4n) is 0.251. The second-order valence-corrected chi connectivity index (χ2v) is 2.79. The molecular weight excluding hydrogens is 225 g/mol. The fraction of sp³-hybridized carbons (Fsp3) is 0.600. The molecule has 0 unspecified atom stereocenters. The number of allylic oxidation sites excluding steroid dienone is 2. The van der Waals surface area contributed by atoms with Gasteiger partial charge in [-0.2, -0.15) is 8.78 Å². The van der Waals surface area contributed by atoms with Gasteiger partial charge in [0.2, 0.25) is 0 Å². The van der Waals surface area contributed by atoms with Gasteiger partial charge in [0.1, 0.15) is 0 Å². The van der Waals surface area contributed by atoms with Crippen LogP contribution in [0.4, 0.5) is 8.78 Å². The minimum absolute atomic E-state index is 0.665. The standard InChI is InChI=1S/C5H7F2I/c1-2-3-4-5(6,7)8/h3-4H,2H2,1H3/b4-3-. The SMILES string of the molecule is CC/C=C\C(F)(F)I.